The molecule has 26 heavy (non-hydrogen) atoms. The predicted molar refractivity (Wildman–Crippen MR) is 121 cm³/mol. The summed E-state index contributed by atoms with van der Waals surface area (Å²) in [5, 5.41) is 6.79. The zero-order valence-electron chi connectivity index (χ0n) is 17.1. The van der Waals surface area contributed by atoms with E-state index in [-0.39, 0.29) is 0 Å². The largest absolute Gasteiger partial charge is 0.281 e. The van der Waals surface area contributed by atoms with Gasteiger partial charge >= 0.3 is 0 Å². The van der Waals surface area contributed by atoms with E-state index in [4.69, 9.17) is 0 Å². The van der Waals surface area contributed by atoms with Crippen molar-refractivity contribution in [2.24, 2.45) is 5.92 Å². The van der Waals surface area contributed by atoms with Gasteiger partial charge < -0.3 is 0 Å². The average Bonchev–Trinajstić information content (AvgIpc) is 2.59. The van der Waals surface area contributed by atoms with Crippen LogP contribution in [0.1, 0.15) is 41.5 Å². The summed E-state index contributed by atoms with van der Waals surface area (Å²) in [7, 11) is -0.972. The number of hydrogen-bond donors (Lipinski definition) is 1. The topological polar surface area (TPSA) is 15.3 Å². The van der Waals surface area contributed by atoms with Crippen molar-refractivity contribution >= 4 is 26.9 Å². The van der Waals surface area contributed by atoms with Gasteiger partial charge in [0, 0.05) is 28.4 Å². The molecule has 142 valence electrons. The van der Waals surface area contributed by atoms with Crippen LogP contribution in [-0.4, -0.2) is 22.7 Å². The van der Waals surface area contributed by atoms with Gasteiger partial charge in [0.2, 0.25) is 0 Å². The summed E-state index contributed by atoms with van der Waals surface area (Å²) in [5.41, 5.74) is 0. The van der Waals surface area contributed by atoms with E-state index in [9.17, 15) is 0 Å². The molecular weight excluding hydrogens is 354 g/mol. The Hall–Kier alpha value is -0.780. The van der Waals surface area contributed by atoms with Crippen molar-refractivity contribution in [3.8, 4) is 0 Å². The Morgan fingerprint density at radius 3 is 1.58 bits per heavy atom. The van der Waals surface area contributed by atoms with Gasteiger partial charge in [0.05, 0.1) is 0 Å². The van der Waals surface area contributed by atoms with Crippen molar-refractivity contribution in [1.29, 1.82) is 0 Å². The van der Waals surface area contributed by atoms with Gasteiger partial charge in [0.15, 0.2) is 0 Å². The fourth-order valence-corrected chi connectivity index (χ4v) is 9.22. The van der Waals surface area contributed by atoms with Crippen LogP contribution in [-0.2, 0) is 0 Å². The van der Waals surface area contributed by atoms with Gasteiger partial charge in [-0.25, -0.2) is 4.44 Å². The summed E-state index contributed by atoms with van der Waals surface area (Å²) in [6, 6.07) is 23.1. The lowest BCUT2D eigenvalue weighted by atomic mass is 10.3. The Labute approximate surface area is 163 Å². The molecule has 1 N–H and O–H groups in total. The van der Waals surface area contributed by atoms with Crippen molar-refractivity contribution in [2.45, 2.75) is 53.6 Å². The molecule has 0 heterocycles. The van der Waals surface area contributed by atoms with Crippen LogP contribution in [0.5, 0.6) is 0 Å². The highest BCUT2D eigenvalue weighted by atomic mass is 31.2. The van der Waals surface area contributed by atoms with E-state index in [1.165, 1.54) is 16.8 Å². The lowest BCUT2D eigenvalue weighted by molar-refractivity contribution is 0.553. The number of nitrogens with zero attached hydrogens (tertiary/aromatic N) is 1. The molecule has 2 rings (SSSR count). The first-order valence-electron chi connectivity index (χ1n) is 9.63. The first-order chi connectivity index (χ1) is 12.4. The minimum Gasteiger partial charge on any atom is -0.281 e. The Kier molecular flexibility index (Phi) is 8.71. The van der Waals surface area contributed by atoms with Gasteiger partial charge in [0.1, 0.15) is 0 Å². The number of nitrogens with one attached hydrogen (secondary N) is 1. The first kappa shape index (κ1) is 21.5. The molecule has 2 nitrogen and oxygen atoms in total. The maximum absolute atomic E-state index is 3.92. The van der Waals surface area contributed by atoms with Gasteiger partial charge in [-0.2, -0.15) is 0 Å². The lowest BCUT2D eigenvalue weighted by Gasteiger charge is -2.42. The standard InChI is InChI=1S/C22H34N2P2/c1-18(2)17-25(23-19(3)4)24(20(5)6)26(21-13-9-7-10-14-21)22-15-11-8-12-16-22/h7-16,18-20,23H,17H2,1-6H3. The van der Waals surface area contributed by atoms with Crippen LogP contribution >= 0.6 is 16.3 Å². The van der Waals surface area contributed by atoms with Crippen molar-refractivity contribution in [1.82, 2.24) is 9.53 Å². The van der Waals surface area contributed by atoms with E-state index in [1.807, 2.05) is 0 Å². The molecule has 1 unspecified atom stereocenters. The van der Waals surface area contributed by atoms with E-state index >= 15 is 0 Å². The van der Waals surface area contributed by atoms with Crippen LogP contribution in [0.2, 0.25) is 0 Å². The number of benzene rings is 2. The Bertz CT molecular complexity index is 580. The second-order valence-corrected chi connectivity index (χ2v) is 11.9. The third-order valence-electron chi connectivity index (χ3n) is 3.86. The van der Waals surface area contributed by atoms with Crippen LogP contribution in [0.4, 0.5) is 0 Å². The quantitative estimate of drug-likeness (QED) is 0.554. The Balaban J connectivity index is 2.52. The van der Waals surface area contributed by atoms with Crippen molar-refractivity contribution < 1.29 is 0 Å². The fourth-order valence-electron chi connectivity index (χ4n) is 2.98. The molecule has 0 aromatic heterocycles. The van der Waals surface area contributed by atoms with Crippen LogP contribution in [0, 0.1) is 5.92 Å². The molecule has 0 radical (unpaired) electrons. The molecule has 0 saturated heterocycles. The molecule has 0 fully saturated rings. The third-order valence-corrected chi connectivity index (χ3v) is 10.3. The Morgan fingerprint density at radius 2 is 1.23 bits per heavy atom. The molecule has 0 bridgehead atoms. The molecule has 0 aliphatic carbocycles. The minimum atomic E-state index is -0.555. The van der Waals surface area contributed by atoms with Crippen LogP contribution in [0.3, 0.4) is 0 Å². The van der Waals surface area contributed by atoms with Gasteiger partial charge in [-0.05, 0) is 50.4 Å². The molecule has 2 aromatic carbocycles. The molecule has 2 aromatic rings. The second kappa shape index (κ2) is 10.5. The number of hydrogen-bond acceptors (Lipinski definition) is 2. The molecular formula is C22H34N2P2. The maximum Gasteiger partial charge on any atom is 0.0416 e. The summed E-state index contributed by atoms with van der Waals surface area (Å²) in [6.07, 6.45) is 1.21. The molecule has 0 spiro atoms. The normalized spacial score (nSPS) is 13.3. The van der Waals surface area contributed by atoms with Crippen LogP contribution in [0.25, 0.3) is 0 Å². The Morgan fingerprint density at radius 1 is 0.769 bits per heavy atom. The summed E-state index contributed by atoms with van der Waals surface area (Å²) >= 11 is 0. The molecule has 0 aliphatic heterocycles. The molecule has 0 saturated carbocycles. The van der Waals surface area contributed by atoms with E-state index in [0.717, 1.165) is 0 Å². The zero-order valence-corrected chi connectivity index (χ0v) is 18.8. The first-order valence-corrected chi connectivity index (χ1v) is 12.4. The van der Waals surface area contributed by atoms with Crippen molar-refractivity contribution in [3.63, 3.8) is 0 Å². The van der Waals surface area contributed by atoms with Gasteiger partial charge in [-0.15, -0.1) is 0 Å². The molecule has 4 heteroatoms. The molecule has 1 atom stereocenters. The predicted octanol–water partition coefficient (Wildman–Crippen LogP) is 5.71. The third kappa shape index (κ3) is 6.14. The SMILES string of the molecule is CC(C)CP(NC(C)C)N(C(C)C)P(c1ccccc1)c1ccccc1. The smallest absolute Gasteiger partial charge is 0.0416 e. The van der Waals surface area contributed by atoms with Crippen LogP contribution in [0.15, 0.2) is 60.7 Å². The summed E-state index contributed by atoms with van der Waals surface area (Å²) < 4.78 is 2.79. The van der Waals surface area contributed by atoms with Crippen molar-refractivity contribution in [2.75, 3.05) is 6.16 Å². The summed E-state index contributed by atoms with van der Waals surface area (Å²) in [4.78, 5) is 0. The van der Waals surface area contributed by atoms with E-state index in [0.29, 0.717) is 18.0 Å². The summed E-state index contributed by atoms with van der Waals surface area (Å²) in [6.45, 7) is 13.9. The lowest BCUT2D eigenvalue weighted by Crippen LogP contribution is -2.36. The van der Waals surface area contributed by atoms with E-state index in [1.54, 1.807) is 0 Å². The fraction of sp³-hybridized carbons (Fsp3) is 0.455. The van der Waals surface area contributed by atoms with E-state index in [2.05, 4.69) is 112 Å². The monoisotopic (exact) mass is 388 g/mol. The van der Waals surface area contributed by atoms with E-state index < -0.39 is 16.3 Å². The second-order valence-electron chi connectivity index (χ2n) is 7.66. The van der Waals surface area contributed by atoms with Crippen LogP contribution < -0.4 is 15.7 Å². The van der Waals surface area contributed by atoms with Gasteiger partial charge in [-0.3, -0.25) is 5.09 Å². The van der Waals surface area contributed by atoms with Gasteiger partial charge in [-0.1, -0.05) is 74.5 Å². The highest BCUT2D eigenvalue weighted by Crippen LogP contribution is 2.55. The maximum atomic E-state index is 3.92. The minimum absolute atomic E-state index is 0.417. The molecule has 0 amide bonds. The highest BCUT2D eigenvalue weighted by molar-refractivity contribution is 7.78. The zero-order chi connectivity index (χ0) is 19.1. The number of rotatable bonds is 9. The van der Waals surface area contributed by atoms with Gasteiger partial charge in [0.25, 0.3) is 0 Å². The average molecular weight is 388 g/mol. The molecule has 0 aliphatic rings. The van der Waals surface area contributed by atoms with Crippen molar-refractivity contribution in [3.05, 3.63) is 60.7 Å². The highest BCUT2D eigenvalue weighted by Gasteiger charge is 2.32. The summed E-state index contributed by atoms with van der Waals surface area (Å²) in [5.74, 6) is 0.678.